The number of hydrogen-bond acceptors (Lipinski definition) is 2. The first-order valence-electron chi connectivity index (χ1n) is 3.99. The van der Waals surface area contributed by atoms with Crippen LogP contribution in [0.25, 0.3) is 0 Å². The minimum atomic E-state index is -0.0478. The molecular weight excluding hydrogens is 186 g/mol. The lowest BCUT2D eigenvalue weighted by Gasteiger charge is -2.10. The molecule has 0 bridgehead atoms. The lowest BCUT2D eigenvalue weighted by molar-refractivity contribution is 0.273. The van der Waals surface area contributed by atoms with E-state index in [9.17, 15) is 0 Å². The predicted octanol–water partition coefficient (Wildman–Crippen LogP) is 2.31. The van der Waals surface area contributed by atoms with Crippen LogP contribution < -0.4 is 0 Å². The quantitative estimate of drug-likeness (QED) is 0.787. The normalized spacial score (nSPS) is 12.2. The van der Waals surface area contributed by atoms with Crippen LogP contribution in [0, 0.1) is 11.3 Å². The summed E-state index contributed by atoms with van der Waals surface area (Å²) in [7, 11) is 0. The Balaban J connectivity index is 3.17. The summed E-state index contributed by atoms with van der Waals surface area (Å²) in [6, 6.07) is 7.14. The van der Waals surface area contributed by atoms with Crippen LogP contribution in [-0.4, -0.2) is 11.7 Å². The van der Waals surface area contributed by atoms with E-state index in [1.165, 1.54) is 0 Å². The average molecular weight is 196 g/mol. The number of halogens is 1. The van der Waals surface area contributed by atoms with Crippen LogP contribution in [0.4, 0.5) is 0 Å². The molecule has 3 heteroatoms. The fraction of sp³-hybridized carbons (Fsp3) is 0.300. The van der Waals surface area contributed by atoms with Gasteiger partial charge in [0.25, 0.3) is 0 Å². The smallest absolute Gasteiger partial charge is 0.0994 e. The van der Waals surface area contributed by atoms with Gasteiger partial charge in [0.2, 0.25) is 0 Å². The average Bonchev–Trinajstić information content (AvgIpc) is 2.16. The van der Waals surface area contributed by atoms with Crippen LogP contribution in [0.1, 0.15) is 24.0 Å². The van der Waals surface area contributed by atoms with Crippen molar-refractivity contribution in [1.82, 2.24) is 0 Å². The van der Waals surface area contributed by atoms with Crippen molar-refractivity contribution < 1.29 is 5.11 Å². The van der Waals surface area contributed by atoms with Gasteiger partial charge in [-0.15, -0.1) is 0 Å². The van der Waals surface area contributed by atoms with Crippen LogP contribution >= 0.6 is 11.6 Å². The van der Waals surface area contributed by atoms with E-state index in [1.807, 2.05) is 6.92 Å². The van der Waals surface area contributed by atoms with Crippen molar-refractivity contribution in [2.24, 2.45) is 0 Å². The lowest BCUT2D eigenvalue weighted by atomic mass is 9.97. The molecule has 2 nitrogen and oxygen atoms in total. The monoisotopic (exact) mass is 195 g/mol. The van der Waals surface area contributed by atoms with Crippen LogP contribution in [0.5, 0.6) is 0 Å². The van der Waals surface area contributed by atoms with Gasteiger partial charge in [0.1, 0.15) is 0 Å². The number of aliphatic hydroxyl groups excluding tert-OH is 1. The van der Waals surface area contributed by atoms with Gasteiger partial charge >= 0.3 is 0 Å². The Morgan fingerprint density at radius 2 is 2.31 bits per heavy atom. The fourth-order valence-electron chi connectivity index (χ4n) is 1.14. The van der Waals surface area contributed by atoms with Crippen LogP contribution in [0.2, 0.25) is 5.02 Å². The molecule has 0 aliphatic rings. The molecule has 0 aliphatic heterocycles. The minimum absolute atomic E-state index is 0.0228. The van der Waals surface area contributed by atoms with Crippen LogP contribution in [-0.2, 0) is 0 Å². The van der Waals surface area contributed by atoms with Gasteiger partial charge in [-0.25, -0.2) is 0 Å². The van der Waals surface area contributed by atoms with Crippen molar-refractivity contribution in [3.8, 4) is 6.07 Å². The summed E-state index contributed by atoms with van der Waals surface area (Å²) in [5.74, 6) is -0.0478. The second-order valence-electron chi connectivity index (χ2n) is 2.93. The van der Waals surface area contributed by atoms with E-state index in [4.69, 9.17) is 22.0 Å². The molecule has 1 aromatic rings. The number of hydrogen-bond donors (Lipinski definition) is 1. The number of nitrogens with zero attached hydrogens (tertiary/aromatic N) is 1. The molecule has 1 aromatic carbocycles. The predicted molar refractivity (Wildman–Crippen MR) is 51.7 cm³/mol. The van der Waals surface area contributed by atoms with Crippen molar-refractivity contribution in [3.63, 3.8) is 0 Å². The summed E-state index contributed by atoms with van der Waals surface area (Å²) in [6.07, 6.45) is 0. The van der Waals surface area contributed by atoms with Gasteiger partial charge in [-0.1, -0.05) is 18.5 Å². The molecule has 0 saturated heterocycles. The Bertz CT molecular complexity index is 343. The largest absolute Gasteiger partial charge is 0.396 e. The molecule has 68 valence electrons. The topological polar surface area (TPSA) is 44.0 Å². The van der Waals surface area contributed by atoms with Crippen molar-refractivity contribution in [1.29, 1.82) is 5.26 Å². The van der Waals surface area contributed by atoms with Gasteiger partial charge < -0.3 is 5.11 Å². The molecule has 1 unspecified atom stereocenters. The molecule has 0 fully saturated rings. The number of nitriles is 1. The molecule has 1 N–H and O–H groups in total. The van der Waals surface area contributed by atoms with E-state index in [2.05, 4.69) is 6.07 Å². The third kappa shape index (κ3) is 2.21. The Morgan fingerprint density at radius 3 is 2.85 bits per heavy atom. The highest BCUT2D eigenvalue weighted by atomic mass is 35.5. The Kier molecular flexibility index (Phi) is 3.30. The maximum absolute atomic E-state index is 8.95. The summed E-state index contributed by atoms with van der Waals surface area (Å²) in [4.78, 5) is 0. The molecule has 0 aliphatic carbocycles. The Labute approximate surface area is 82.4 Å². The molecule has 0 radical (unpaired) electrons. The maximum Gasteiger partial charge on any atom is 0.0994 e. The summed E-state index contributed by atoms with van der Waals surface area (Å²) >= 11 is 5.78. The lowest BCUT2D eigenvalue weighted by Crippen LogP contribution is -2.01. The molecule has 1 atom stereocenters. The summed E-state index contributed by atoms with van der Waals surface area (Å²) in [5.41, 5.74) is 1.38. The summed E-state index contributed by atoms with van der Waals surface area (Å²) in [6.45, 7) is 1.88. The van der Waals surface area contributed by atoms with E-state index in [0.717, 1.165) is 5.56 Å². The molecule has 0 aromatic heterocycles. The zero-order chi connectivity index (χ0) is 9.84. The van der Waals surface area contributed by atoms with E-state index in [1.54, 1.807) is 18.2 Å². The van der Waals surface area contributed by atoms with Gasteiger partial charge in [-0.3, -0.25) is 0 Å². The van der Waals surface area contributed by atoms with Gasteiger partial charge in [0.15, 0.2) is 0 Å². The van der Waals surface area contributed by atoms with Gasteiger partial charge in [0, 0.05) is 17.5 Å². The Hall–Kier alpha value is -1.04. The highest BCUT2D eigenvalue weighted by Gasteiger charge is 2.09. The Morgan fingerprint density at radius 1 is 1.62 bits per heavy atom. The molecule has 1 rings (SSSR count). The second kappa shape index (κ2) is 4.27. The van der Waals surface area contributed by atoms with E-state index in [-0.39, 0.29) is 12.5 Å². The second-order valence-corrected chi connectivity index (χ2v) is 3.36. The highest BCUT2D eigenvalue weighted by molar-refractivity contribution is 6.30. The first-order valence-corrected chi connectivity index (χ1v) is 4.37. The van der Waals surface area contributed by atoms with Gasteiger partial charge in [0.05, 0.1) is 11.6 Å². The third-order valence-corrected chi connectivity index (χ3v) is 2.17. The number of rotatable bonds is 2. The zero-order valence-corrected chi connectivity index (χ0v) is 8.04. The molecular formula is C10H10ClNO. The molecule has 0 heterocycles. The maximum atomic E-state index is 8.95. The minimum Gasteiger partial charge on any atom is -0.396 e. The standard InChI is InChI=1S/C10H10ClNO/c1-7(6-13)10-4-9(11)3-2-8(10)5-12/h2-4,7,13H,6H2,1H3. The van der Waals surface area contributed by atoms with Crippen LogP contribution in [0.15, 0.2) is 18.2 Å². The van der Waals surface area contributed by atoms with E-state index in [0.29, 0.717) is 10.6 Å². The van der Waals surface area contributed by atoms with E-state index >= 15 is 0 Å². The van der Waals surface area contributed by atoms with Crippen molar-refractivity contribution >= 4 is 11.6 Å². The number of benzene rings is 1. The SMILES string of the molecule is CC(CO)c1cc(Cl)ccc1C#N. The molecule has 13 heavy (non-hydrogen) atoms. The molecule has 0 amide bonds. The van der Waals surface area contributed by atoms with Gasteiger partial charge in [-0.05, 0) is 23.8 Å². The number of aliphatic hydroxyl groups is 1. The summed E-state index contributed by atoms with van der Waals surface area (Å²) in [5, 5.41) is 18.3. The first kappa shape index (κ1) is 10.0. The van der Waals surface area contributed by atoms with Crippen molar-refractivity contribution in [2.45, 2.75) is 12.8 Å². The van der Waals surface area contributed by atoms with Gasteiger partial charge in [-0.2, -0.15) is 5.26 Å². The third-order valence-electron chi connectivity index (χ3n) is 1.94. The van der Waals surface area contributed by atoms with E-state index < -0.39 is 0 Å². The van der Waals surface area contributed by atoms with Crippen molar-refractivity contribution in [3.05, 3.63) is 34.3 Å². The fourth-order valence-corrected chi connectivity index (χ4v) is 1.32. The first-order chi connectivity index (χ1) is 6.19. The zero-order valence-electron chi connectivity index (χ0n) is 7.29. The van der Waals surface area contributed by atoms with Crippen molar-refractivity contribution in [2.75, 3.05) is 6.61 Å². The molecule has 0 saturated carbocycles. The highest BCUT2D eigenvalue weighted by Crippen LogP contribution is 2.22. The summed E-state index contributed by atoms with van der Waals surface area (Å²) < 4.78 is 0. The molecule has 0 spiro atoms. The van der Waals surface area contributed by atoms with Crippen LogP contribution in [0.3, 0.4) is 0 Å².